The van der Waals surface area contributed by atoms with Gasteiger partial charge in [0.05, 0.1) is 0 Å². The second-order valence-corrected chi connectivity index (χ2v) is 4.51. The Hall–Kier alpha value is -2.01. The van der Waals surface area contributed by atoms with Crippen LogP contribution in [0.25, 0.3) is 0 Å². The highest BCUT2D eigenvalue weighted by atomic mass is 15.2. The Morgan fingerprint density at radius 1 is 1.26 bits per heavy atom. The standard InChI is InChI=1S/C14H19N5/c1-11-13(9-15)10-17-14(18-11)19(2)8-5-12-3-6-16-7-4-12/h3-4,6-7,10H,5,8-9,15H2,1-2H3. The highest BCUT2D eigenvalue weighted by Crippen LogP contribution is 2.10. The van der Waals surface area contributed by atoms with E-state index in [1.54, 1.807) is 6.20 Å². The van der Waals surface area contributed by atoms with E-state index in [0.29, 0.717) is 6.54 Å². The van der Waals surface area contributed by atoms with E-state index in [-0.39, 0.29) is 0 Å². The van der Waals surface area contributed by atoms with E-state index in [4.69, 9.17) is 5.73 Å². The van der Waals surface area contributed by atoms with E-state index < -0.39 is 0 Å². The van der Waals surface area contributed by atoms with Crippen LogP contribution in [-0.4, -0.2) is 28.5 Å². The van der Waals surface area contributed by atoms with Crippen molar-refractivity contribution < 1.29 is 0 Å². The van der Waals surface area contributed by atoms with Crippen LogP contribution in [0.5, 0.6) is 0 Å². The summed E-state index contributed by atoms with van der Waals surface area (Å²) in [4.78, 5) is 14.9. The zero-order valence-corrected chi connectivity index (χ0v) is 11.4. The first-order chi connectivity index (χ1) is 9.20. The molecule has 100 valence electrons. The van der Waals surface area contributed by atoms with E-state index in [9.17, 15) is 0 Å². The Bertz CT molecular complexity index is 527. The second kappa shape index (κ2) is 6.24. The van der Waals surface area contributed by atoms with Gasteiger partial charge in [-0.05, 0) is 31.0 Å². The van der Waals surface area contributed by atoms with Crippen LogP contribution in [0, 0.1) is 6.92 Å². The molecule has 2 heterocycles. The van der Waals surface area contributed by atoms with E-state index in [1.165, 1.54) is 5.56 Å². The number of pyridine rings is 1. The molecule has 0 bridgehead atoms. The molecule has 2 aromatic rings. The summed E-state index contributed by atoms with van der Waals surface area (Å²) in [5, 5.41) is 0. The van der Waals surface area contributed by atoms with Crippen LogP contribution in [0.1, 0.15) is 16.8 Å². The number of aryl methyl sites for hydroxylation is 1. The van der Waals surface area contributed by atoms with Crippen molar-refractivity contribution in [2.45, 2.75) is 19.9 Å². The fourth-order valence-electron chi connectivity index (χ4n) is 1.81. The SMILES string of the molecule is Cc1nc(N(C)CCc2ccncc2)ncc1CN. The Morgan fingerprint density at radius 3 is 2.63 bits per heavy atom. The third-order valence-electron chi connectivity index (χ3n) is 3.11. The fraction of sp³-hybridized carbons (Fsp3) is 0.357. The number of likely N-dealkylation sites (N-methyl/N-ethyl adjacent to an activating group) is 1. The maximum Gasteiger partial charge on any atom is 0.225 e. The molecule has 0 saturated carbocycles. The first kappa shape index (κ1) is 13.4. The molecule has 0 unspecified atom stereocenters. The monoisotopic (exact) mass is 257 g/mol. The van der Waals surface area contributed by atoms with Gasteiger partial charge in [0.25, 0.3) is 0 Å². The van der Waals surface area contributed by atoms with Crippen molar-refractivity contribution in [1.82, 2.24) is 15.0 Å². The Morgan fingerprint density at radius 2 is 2.00 bits per heavy atom. The molecule has 0 aliphatic heterocycles. The number of nitrogens with zero attached hydrogens (tertiary/aromatic N) is 4. The van der Waals surface area contributed by atoms with E-state index in [2.05, 4.69) is 15.0 Å². The maximum absolute atomic E-state index is 5.61. The van der Waals surface area contributed by atoms with Crippen LogP contribution in [0.2, 0.25) is 0 Å². The molecule has 2 aromatic heterocycles. The lowest BCUT2D eigenvalue weighted by Gasteiger charge is -2.17. The molecule has 5 nitrogen and oxygen atoms in total. The number of aromatic nitrogens is 3. The summed E-state index contributed by atoms with van der Waals surface area (Å²) in [6, 6.07) is 4.05. The minimum atomic E-state index is 0.479. The van der Waals surface area contributed by atoms with Gasteiger partial charge >= 0.3 is 0 Å². The number of rotatable bonds is 5. The molecule has 19 heavy (non-hydrogen) atoms. The quantitative estimate of drug-likeness (QED) is 0.875. The van der Waals surface area contributed by atoms with E-state index in [1.807, 2.05) is 43.4 Å². The fourth-order valence-corrected chi connectivity index (χ4v) is 1.81. The van der Waals surface area contributed by atoms with Crippen LogP contribution in [0.3, 0.4) is 0 Å². The van der Waals surface area contributed by atoms with Gasteiger partial charge in [-0.3, -0.25) is 4.98 Å². The minimum Gasteiger partial charge on any atom is -0.344 e. The number of hydrogen-bond acceptors (Lipinski definition) is 5. The van der Waals surface area contributed by atoms with Crippen molar-refractivity contribution in [1.29, 1.82) is 0 Å². The summed E-state index contributed by atoms with van der Waals surface area (Å²) < 4.78 is 0. The normalized spacial score (nSPS) is 10.5. The van der Waals surface area contributed by atoms with Crippen molar-refractivity contribution >= 4 is 5.95 Å². The van der Waals surface area contributed by atoms with E-state index in [0.717, 1.165) is 30.2 Å². The molecule has 0 amide bonds. The van der Waals surface area contributed by atoms with Crippen molar-refractivity contribution in [2.24, 2.45) is 5.73 Å². The third-order valence-corrected chi connectivity index (χ3v) is 3.11. The summed E-state index contributed by atoms with van der Waals surface area (Å²) in [5.74, 6) is 0.740. The summed E-state index contributed by atoms with van der Waals surface area (Å²) in [6.07, 6.45) is 6.37. The minimum absolute atomic E-state index is 0.479. The van der Waals surface area contributed by atoms with Crippen LogP contribution in [0.4, 0.5) is 5.95 Å². The highest BCUT2D eigenvalue weighted by molar-refractivity contribution is 5.32. The Labute approximate surface area is 113 Å². The van der Waals surface area contributed by atoms with Crippen LogP contribution >= 0.6 is 0 Å². The zero-order valence-electron chi connectivity index (χ0n) is 11.4. The Balaban J connectivity index is 2.00. The molecule has 5 heteroatoms. The van der Waals surface area contributed by atoms with Gasteiger partial charge in [-0.2, -0.15) is 0 Å². The van der Waals surface area contributed by atoms with Gasteiger partial charge in [-0.15, -0.1) is 0 Å². The first-order valence-corrected chi connectivity index (χ1v) is 6.33. The summed E-state index contributed by atoms with van der Waals surface area (Å²) in [7, 11) is 2.00. The van der Waals surface area contributed by atoms with Gasteiger partial charge in [0.15, 0.2) is 0 Å². The largest absolute Gasteiger partial charge is 0.344 e. The molecule has 0 aliphatic carbocycles. The highest BCUT2D eigenvalue weighted by Gasteiger charge is 2.07. The average molecular weight is 257 g/mol. The lowest BCUT2D eigenvalue weighted by Crippen LogP contribution is -2.23. The van der Waals surface area contributed by atoms with Crippen molar-refractivity contribution in [3.05, 3.63) is 47.5 Å². The molecule has 0 atom stereocenters. The summed E-state index contributed by atoms with van der Waals surface area (Å²) >= 11 is 0. The maximum atomic E-state index is 5.61. The number of hydrogen-bond donors (Lipinski definition) is 1. The van der Waals surface area contributed by atoms with Crippen molar-refractivity contribution in [2.75, 3.05) is 18.5 Å². The van der Waals surface area contributed by atoms with Crippen LogP contribution < -0.4 is 10.6 Å². The third kappa shape index (κ3) is 3.48. The number of nitrogens with two attached hydrogens (primary N) is 1. The molecule has 0 aliphatic rings. The van der Waals surface area contributed by atoms with Gasteiger partial charge in [-0.1, -0.05) is 0 Å². The van der Waals surface area contributed by atoms with Gasteiger partial charge in [0.2, 0.25) is 5.95 Å². The Kier molecular flexibility index (Phi) is 4.41. The second-order valence-electron chi connectivity index (χ2n) is 4.51. The molecule has 0 fully saturated rings. The lowest BCUT2D eigenvalue weighted by molar-refractivity contribution is 0.824. The first-order valence-electron chi connectivity index (χ1n) is 6.33. The van der Waals surface area contributed by atoms with Crippen molar-refractivity contribution in [3.8, 4) is 0 Å². The molecule has 0 spiro atoms. The van der Waals surface area contributed by atoms with Gasteiger partial charge < -0.3 is 10.6 Å². The summed E-state index contributed by atoms with van der Waals surface area (Å²) in [5.41, 5.74) is 8.81. The van der Waals surface area contributed by atoms with E-state index >= 15 is 0 Å². The predicted octanol–water partition coefficient (Wildman–Crippen LogP) is 1.32. The molecule has 0 aromatic carbocycles. The zero-order chi connectivity index (χ0) is 13.7. The molecular weight excluding hydrogens is 238 g/mol. The summed E-state index contributed by atoms with van der Waals surface area (Å²) in [6.45, 7) is 3.31. The van der Waals surface area contributed by atoms with Gasteiger partial charge in [0.1, 0.15) is 0 Å². The predicted molar refractivity (Wildman–Crippen MR) is 75.9 cm³/mol. The van der Waals surface area contributed by atoms with Gasteiger partial charge in [-0.25, -0.2) is 9.97 Å². The molecule has 0 saturated heterocycles. The molecular formula is C14H19N5. The van der Waals surface area contributed by atoms with Crippen molar-refractivity contribution in [3.63, 3.8) is 0 Å². The smallest absolute Gasteiger partial charge is 0.225 e. The van der Waals surface area contributed by atoms with Gasteiger partial charge in [0, 0.05) is 50.0 Å². The number of anilines is 1. The molecule has 2 N–H and O–H groups in total. The topological polar surface area (TPSA) is 67.9 Å². The van der Waals surface area contributed by atoms with Crippen LogP contribution in [-0.2, 0) is 13.0 Å². The van der Waals surface area contributed by atoms with Crippen LogP contribution in [0.15, 0.2) is 30.7 Å². The lowest BCUT2D eigenvalue weighted by atomic mass is 10.2. The average Bonchev–Trinajstić information content (AvgIpc) is 2.45. The molecule has 2 rings (SSSR count). The molecule has 0 radical (unpaired) electrons.